The molecule has 0 atom stereocenters. The molecule has 1 fully saturated rings. The lowest BCUT2D eigenvalue weighted by Gasteiger charge is -2.22. The van der Waals surface area contributed by atoms with Crippen molar-refractivity contribution in [3.8, 4) is 0 Å². The molecule has 0 N–H and O–H groups in total. The van der Waals surface area contributed by atoms with Gasteiger partial charge in [0, 0.05) is 27.2 Å². The number of benzene rings is 1. The second kappa shape index (κ2) is 5.93. The SMILES string of the molecule is CC1(C)CCN(Cc2ccc(I)cc2)CCS1. The Morgan fingerprint density at radius 3 is 2.65 bits per heavy atom. The molecule has 1 aliphatic heterocycles. The molecule has 94 valence electrons. The molecule has 1 heterocycles. The van der Waals surface area contributed by atoms with Crippen molar-refractivity contribution in [1.29, 1.82) is 0 Å². The second-order valence-corrected chi connectivity index (χ2v) is 8.31. The maximum absolute atomic E-state index is 2.59. The van der Waals surface area contributed by atoms with Crippen LogP contribution in [0.25, 0.3) is 0 Å². The largest absolute Gasteiger partial charge is 0.298 e. The lowest BCUT2D eigenvalue weighted by molar-refractivity contribution is 0.276. The average Bonchev–Trinajstić information content (AvgIpc) is 2.44. The molecule has 0 unspecified atom stereocenters. The van der Waals surface area contributed by atoms with Gasteiger partial charge in [-0.25, -0.2) is 0 Å². The Bertz CT molecular complexity index is 361. The molecule has 0 saturated carbocycles. The summed E-state index contributed by atoms with van der Waals surface area (Å²) in [5, 5.41) is 0. The van der Waals surface area contributed by atoms with Gasteiger partial charge in [-0.05, 0) is 53.3 Å². The molecule has 17 heavy (non-hydrogen) atoms. The van der Waals surface area contributed by atoms with Crippen LogP contribution in [-0.2, 0) is 6.54 Å². The normalized spacial score (nSPS) is 21.1. The van der Waals surface area contributed by atoms with Gasteiger partial charge in [-0.2, -0.15) is 11.8 Å². The van der Waals surface area contributed by atoms with E-state index in [1.165, 1.54) is 34.4 Å². The van der Waals surface area contributed by atoms with Crippen LogP contribution in [0, 0.1) is 3.57 Å². The Morgan fingerprint density at radius 2 is 1.94 bits per heavy atom. The number of hydrogen-bond acceptors (Lipinski definition) is 2. The first-order valence-electron chi connectivity index (χ1n) is 6.16. The topological polar surface area (TPSA) is 3.24 Å². The molecule has 0 radical (unpaired) electrons. The first-order valence-corrected chi connectivity index (χ1v) is 8.22. The Balaban J connectivity index is 1.93. The van der Waals surface area contributed by atoms with Crippen LogP contribution in [0.1, 0.15) is 25.8 Å². The van der Waals surface area contributed by atoms with E-state index in [0.717, 1.165) is 6.54 Å². The molecule has 0 bridgehead atoms. The molecule has 0 aromatic heterocycles. The summed E-state index contributed by atoms with van der Waals surface area (Å²) < 4.78 is 1.78. The van der Waals surface area contributed by atoms with E-state index in [0.29, 0.717) is 4.75 Å². The number of hydrogen-bond donors (Lipinski definition) is 0. The maximum atomic E-state index is 2.59. The van der Waals surface area contributed by atoms with E-state index in [2.05, 4.69) is 77.4 Å². The Labute approximate surface area is 122 Å². The number of thioether (sulfide) groups is 1. The van der Waals surface area contributed by atoms with E-state index in [1.54, 1.807) is 0 Å². The summed E-state index contributed by atoms with van der Waals surface area (Å²) in [6.07, 6.45) is 1.29. The van der Waals surface area contributed by atoms with Gasteiger partial charge in [0.15, 0.2) is 0 Å². The number of halogens is 1. The van der Waals surface area contributed by atoms with Gasteiger partial charge < -0.3 is 0 Å². The molecule has 1 aromatic carbocycles. The van der Waals surface area contributed by atoms with Crippen molar-refractivity contribution < 1.29 is 0 Å². The molecule has 1 saturated heterocycles. The van der Waals surface area contributed by atoms with E-state index < -0.39 is 0 Å². The van der Waals surface area contributed by atoms with Crippen LogP contribution >= 0.6 is 34.4 Å². The predicted molar refractivity (Wildman–Crippen MR) is 85.6 cm³/mol. The Hall–Kier alpha value is 0.260. The summed E-state index contributed by atoms with van der Waals surface area (Å²) in [7, 11) is 0. The maximum Gasteiger partial charge on any atom is 0.0234 e. The second-order valence-electron chi connectivity index (χ2n) is 5.26. The molecular weight excluding hydrogens is 341 g/mol. The first-order chi connectivity index (χ1) is 8.05. The lowest BCUT2D eigenvalue weighted by atomic mass is 10.1. The van der Waals surface area contributed by atoms with Gasteiger partial charge in [0.2, 0.25) is 0 Å². The van der Waals surface area contributed by atoms with Crippen molar-refractivity contribution in [1.82, 2.24) is 4.90 Å². The fraction of sp³-hybridized carbons (Fsp3) is 0.571. The zero-order valence-corrected chi connectivity index (χ0v) is 13.6. The third-order valence-electron chi connectivity index (χ3n) is 3.25. The third-order valence-corrected chi connectivity index (χ3v) is 5.34. The van der Waals surface area contributed by atoms with Gasteiger partial charge in [-0.3, -0.25) is 4.90 Å². The molecule has 2 rings (SSSR count). The van der Waals surface area contributed by atoms with Crippen LogP contribution in [0.4, 0.5) is 0 Å². The molecule has 0 amide bonds. The molecule has 1 aliphatic rings. The molecular formula is C14H20INS. The van der Waals surface area contributed by atoms with E-state index in [1.807, 2.05) is 0 Å². The molecule has 0 aliphatic carbocycles. The van der Waals surface area contributed by atoms with Gasteiger partial charge in [-0.1, -0.05) is 26.0 Å². The van der Waals surface area contributed by atoms with Gasteiger partial charge >= 0.3 is 0 Å². The fourth-order valence-electron chi connectivity index (χ4n) is 2.07. The summed E-state index contributed by atoms with van der Waals surface area (Å²) in [5.41, 5.74) is 1.44. The summed E-state index contributed by atoms with van der Waals surface area (Å²) >= 11 is 4.48. The highest BCUT2D eigenvalue weighted by atomic mass is 127. The summed E-state index contributed by atoms with van der Waals surface area (Å²) in [5.74, 6) is 1.26. The third kappa shape index (κ3) is 4.45. The summed E-state index contributed by atoms with van der Waals surface area (Å²) in [6, 6.07) is 8.91. The summed E-state index contributed by atoms with van der Waals surface area (Å²) in [4.78, 5) is 2.59. The quantitative estimate of drug-likeness (QED) is 0.733. The van der Waals surface area contributed by atoms with Crippen LogP contribution in [0.15, 0.2) is 24.3 Å². The van der Waals surface area contributed by atoms with E-state index >= 15 is 0 Å². The van der Waals surface area contributed by atoms with Gasteiger partial charge in [0.05, 0.1) is 0 Å². The van der Waals surface area contributed by atoms with Crippen LogP contribution < -0.4 is 0 Å². The highest BCUT2D eigenvalue weighted by molar-refractivity contribution is 14.1. The van der Waals surface area contributed by atoms with Crippen LogP contribution in [0.5, 0.6) is 0 Å². The Morgan fingerprint density at radius 1 is 1.24 bits per heavy atom. The first kappa shape index (κ1) is 13.7. The van der Waals surface area contributed by atoms with Crippen molar-refractivity contribution in [3.63, 3.8) is 0 Å². The molecule has 1 nitrogen and oxygen atoms in total. The van der Waals surface area contributed by atoms with Crippen molar-refractivity contribution >= 4 is 34.4 Å². The lowest BCUT2D eigenvalue weighted by Crippen LogP contribution is -2.26. The van der Waals surface area contributed by atoms with Crippen molar-refractivity contribution in [2.45, 2.75) is 31.6 Å². The molecule has 1 aromatic rings. The smallest absolute Gasteiger partial charge is 0.0234 e. The van der Waals surface area contributed by atoms with Gasteiger partial charge in [-0.15, -0.1) is 0 Å². The van der Waals surface area contributed by atoms with Crippen molar-refractivity contribution in [3.05, 3.63) is 33.4 Å². The van der Waals surface area contributed by atoms with Gasteiger partial charge in [0.25, 0.3) is 0 Å². The predicted octanol–water partition coefficient (Wildman–Crippen LogP) is 4.01. The van der Waals surface area contributed by atoms with E-state index in [4.69, 9.17) is 0 Å². The molecule has 3 heteroatoms. The van der Waals surface area contributed by atoms with Crippen LogP contribution in [0.3, 0.4) is 0 Å². The Kier molecular flexibility index (Phi) is 4.78. The van der Waals surface area contributed by atoms with Gasteiger partial charge in [0.1, 0.15) is 0 Å². The van der Waals surface area contributed by atoms with Crippen molar-refractivity contribution in [2.75, 3.05) is 18.8 Å². The monoisotopic (exact) mass is 361 g/mol. The van der Waals surface area contributed by atoms with Crippen molar-refractivity contribution in [2.24, 2.45) is 0 Å². The zero-order chi connectivity index (χ0) is 12.3. The number of nitrogens with zero attached hydrogens (tertiary/aromatic N) is 1. The van der Waals surface area contributed by atoms with E-state index in [-0.39, 0.29) is 0 Å². The number of rotatable bonds is 2. The fourth-order valence-corrected chi connectivity index (χ4v) is 3.57. The van der Waals surface area contributed by atoms with E-state index in [9.17, 15) is 0 Å². The minimum Gasteiger partial charge on any atom is -0.298 e. The summed E-state index contributed by atoms with van der Waals surface area (Å²) in [6.45, 7) is 8.29. The minimum absolute atomic E-state index is 0.459. The highest BCUT2D eigenvalue weighted by Gasteiger charge is 2.23. The van der Waals surface area contributed by atoms with Crippen LogP contribution in [0.2, 0.25) is 0 Å². The van der Waals surface area contributed by atoms with Crippen LogP contribution in [-0.4, -0.2) is 28.5 Å². The minimum atomic E-state index is 0.459. The zero-order valence-electron chi connectivity index (χ0n) is 10.6. The average molecular weight is 361 g/mol. The standard InChI is InChI=1S/C14H20INS/c1-14(2)7-8-16(9-10-17-14)11-12-3-5-13(15)6-4-12/h3-6H,7-11H2,1-2H3. The highest BCUT2D eigenvalue weighted by Crippen LogP contribution is 2.31. The molecule has 0 spiro atoms.